The zero-order valence-electron chi connectivity index (χ0n) is 17.4. The first-order valence-corrected chi connectivity index (χ1v) is 10.0. The Hall–Kier alpha value is -3.22. The van der Waals surface area contributed by atoms with Crippen molar-refractivity contribution in [3.63, 3.8) is 0 Å². The van der Waals surface area contributed by atoms with E-state index in [0.29, 0.717) is 0 Å². The summed E-state index contributed by atoms with van der Waals surface area (Å²) in [4.78, 5) is 37.7. The van der Waals surface area contributed by atoms with Gasteiger partial charge < -0.3 is 4.74 Å². The molecule has 7 heteroatoms. The Kier molecular flexibility index (Phi) is 6.20. The van der Waals surface area contributed by atoms with Crippen molar-refractivity contribution < 1.29 is 19.2 Å². The number of carbonyl (C=O) groups excluding carboxylic acids is 2. The molecule has 7 nitrogen and oxygen atoms in total. The minimum Gasteiger partial charge on any atom is -0.430 e. The molecule has 1 aliphatic heterocycles. The number of imide groups is 1. The molecule has 0 saturated carbocycles. The number of rotatable bonds is 7. The molecule has 2 atom stereocenters. The fourth-order valence-electron chi connectivity index (χ4n) is 4.28. The molecule has 0 radical (unpaired) electrons. The summed E-state index contributed by atoms with van der Waals surface area (Å²) in [5, 5.41) is 10.8. The molecule has 1 aliphatic rings. The van der Waals surface area contributed by atoms with Gasteiger partial charge in [-0.25, -0.2) is 9.69 Å². The van der Waals surface area contributed by atoms with E-state index >= 15 is 0 Å². The average Bonchev–Trinajstić information content (AvgIpc) is 3.03. The number of amides is 2. The molecular formula is C23H26N2O5. The van der Waals surface area contributed by atoms with Crippen molar-refractivity contribution in [2.24, 2.45) is 11.8 Å². The third-order valence-corrected chi connectivity index (χ3v) is 5.43. The Labute approximate surface area is 175 Å². The number of cyclic esters (lactones) is 1. The van der Waals surface area contributed by atoms with Gasteiger partial charge in [0.1, 0.15) is 0 Å². The van der Waals surface area contributed by atoms with Crippen LogP contribution in [-0.2, 0) is 15.1 Å². The summed E-state index contributed by atoms with van der Waals surface area (Å²) in [5.74, 6) is -1.06. The number of ether oxygens (including phenoxy) is 1. The van der Waals surface area contributed by atoms with Crippen LogP contribution in [0.5, 0.6) is 0 Å². The lowest BCUT2D eigenvalue weighted by Crippen LogP contribution is -2.50. The van der Waals surface area contributed by atoms with Crippen LogP contribution in [0.3, 0.4) is 0 Å². The Morgan fingerprint density at radius 2 is 1.57 bits per heavy atom. The predicted molar refractivity (Wildman–Crippen MR) is 111 cm³/mol. The van der Waals surface area contributed by atoms with E-state index in [-0.39, 0.29) is 18.9 Å². The van der Waals surface area contributed by atoms with E-state index in [1.165, 1.54) is 4.90 Å². The maximum atomic E-state index is 13.1. The van der Waals surface area contributed by atoms with Gasteiger partial charge in [0, 0.05) is 28.4 Å². The molecule has 30 heavy (non-hydrogen) atoms. The van der Waals surface area contributed by atoms with Gasteiger partial charge in [0.05, 0.1) is 6.04 Å². The average molecular weight is 410 g/mol. The minimum atomic E-state index is -1.16. The topological polar surface area (TPSA) is 89.8 Å². The summed E-state index contributed by atoms with van der Waals surface area (Å²) < 4.78 is 6.02. The quantitative estimate of drug-likeness (QED) is 0.503. The monoisotopic (exact) mass is 410 g/mol. The second-order valence-electron chi connectivity index (χ2n) is 8.11. The van der Waals surface area contributed by atoms with Crippen molar-refractivity contribution in [1.82, 2.24) is 4.90 Å². The third kappa shape index (κ3) is 3.92. The van der Waals surface area contributed by atoms with E-state index in [0.717, 1.165) is 11.1 Å². The molecule has 1 fully saturated rings. The molecule has 0 aromatic heterocycles. The fraction of sp³-hybridized carbons (Fsp3) is 0.391. The first-order valence-electron chi connectivity index (χ1n) is 10.0. The fourth-order valence-corrected chi connectivity index (χ4v) is 4.28. The Morgan fingerprint density at radius 3 is 2.00 bits per heavy atom. The van der Waals surface area contributed by atoms with Crippen LogP contribution in [0.2, 0.25) is 0 Å². The lowest BCUT2D eigenvalue weighted by Gasteiger charge is -2.37. The lowest BCUT2D eigenvalue weighted by molar-refractivity contribution is -0.487. The zero-order valence-corrected chi connectivity index (χ0v) is 17.4. The van der Waals surface area contributed by atoms with E-state index in [1.807, 2.05) is 74.5 Å². The number of hydrogen-bond donors (Lipinski definition) is 0. The van der Waals surface area contributed by atoms with Gasteiger partial charge in [0.15, 0.2) is 5.60 Å². The zero-order chi connectivity index (χ0) is 21.9. The summed E-state index contributed by atoms with van der Waals surface area (Å²) in [5.41, 5.74) is 0.393. The van der Waals surface area contributed by atoms with Gasteiger partial charge >= 0.3 is 6.09 Å². The van der Waals surface area contributed by atoms with Crippen molar-refractivity contribution in [2.75, 3.05) is 6.54 Å². The maximum Gasteiger partial charge on any atom is 0.418 e. The summed E-state index contributed by atoms with van der Waals surface area (Å²) >= 11 is 0. The number of carbonyl (C=O) groups is 2. The highest BCUT2D eigenvalue weighted by Gasteiger charge is 2.59. The van der Waals surface area contributed by atoms with Crippen molar-refractivity contribution in [1.29, 1.82) is 0 Å². The number of nitro groups is 1. The molecule has 0 spiro atoms. The van der Waals surface area contributed by atoms with E-state index in [1.54, 1.807) is 6.92 Å². The number of benzene rings is 2. The first kappa shape index (κ1) is 21.5. The molecular weight excluding hydrogens is 384 g/mol. The minimum absolute atomic E-state index is 0.0983. The van der Waals surface area contributed by atoms with Crippen LogP contribution < -0.4 is 0 Å². The SMILES string of the molecule is CC(C)[C@@H]1N(C(=O)C[C@@H](C)C[N+](=O)[O-])C(=O)OC1(c1ccccc1)c1ccccc1. The normalized spacial score (nSPS) is 18.9. The van der Waals surface area contributed by atoms with Crippen LogP contribution in [-0.4, -0.2) is 34.4 Å². The third-order valence-electron chi connectivity index (χ3n) is 5.43. The number of hydrogen-bond acceptors (Lipinski definition) is 5. The standard InChI is InChI=1S/C23H26N2O5/c1-16(2)21-23(18-10-6-4-7-11-18,19-12-8-5-9-13-19)30-22(27)25(21)20(26)14-17(3)15-24(28)29/h4-13,16-17,21H,14-15H2,1-3H3/t17-,21+/m1/s1. The highest BCUT2D eigenvalue weighted by atomic mass is 16.6. The lowest BCUT2D eigenvalue weighted by atomic mass is 9.75. The molecule has 0 bridgehead atoms. The Morgan fingerprint density at radius 1 is 1.07 bits per heavy atom. The van der Waals surface area contributed by atoms with Crippen LogP contribution in [0, 0.1) is 22.0 Å². The highest BCUT2D eigenvalue weighted by Crippen LogP contribution is 2.47. The summed E-state index contributed by atoms with van der Waals surface area (Å²) in [6.07, 6.45) is -0.821. The van der Waals surface area contributed by atoms with Crippen molar-refractivity contribution >= 4 is 12.0 Å². The van der Waals surface area contributed by atoms with Crippen LogP contribution in [0.25, 0.3) is 0 Å². The largest absolute Gasteiger partial charge is 0.430 e. The Balaban J connectivity index is 2.09. The van der Waals surface area contributed by atoms with Crippen LogP contribution in [0.1, 0.15) is 38.3 Å². The molecule has 0 unspecified atom stereocenters. The molecule has 2 amide bonds. The van der Waals surface area contributed by atoms with Crippen LogP contribution in [0.4, 0.5) is 4.79 Å². The van der Waals surface area contributed by atoms with E-state index in [4.69, 9.17) is 4.74 Å². The number of nitrogens with zero attached hydrogens (tertiary/aromatic N) is 2. The molecule has 2 aromatic carbocycles. The highest BCUT2D eigenvalue weighted by molar-refractivity contribution is 5.95. The van der Waals surface area contributed by atoms with Gasteiger partial charge in [-0.15, -0.1) is 0 Å². The summed E-state index contributed by atoms with van der Waals surface area (Å²) in [7, 11) is 0. The molecule has 0 aliphatic carbocycles. The van der Waals surface area contributed by atoms with Gasteiger partial charge in [0.25, 0.3) is 0 Å². The first-order chi connectivity index (χ1) is 14.3. The van der Waals surface area contributed by atoms with Gasteiger partial charge in [-0.05, 0) is 5.92 Å². The smallest absolute Gasteiger partial charge is 0.418 e. The molecule has 0 N–H and O–H groups in total. The van der Waals surface area contributed by atoms with Gasteiger partial charge in [0.2, 0.25) is 12.5 Å². The van der Waals surface area contributed by atoms with Crippen molar-refractivity contribution in [3.8, 4) is 0 Å². The maximum absolute atomic E-state index is 13.1. The predicted octanol–water partition coefficient (Wildman–Crippen LogP) is 4.24. The second kappa shape index (κ2) is 8.65. The molecule has 1 saturated heterocycles. The Bertz CT molecular complexity index is 874. The molecule has 1 heterocycles. The van der Waals surface area contributed by atoms with E-state index in [9.17, 15) is 19.7 Å². The molecule has 3 rings (SSSR count). The van der Waals surface area contributed by atoms with Crippen LogP contribution >= 0.6 is 0 Å². The van der Waals surface area contributed by atoms with Gasteiger partial charge in [-0.2, -0.15) is 0 Å². The molecule has 158 valence electrons. The van der Waals surface area contributed by atoms with E-state index < -0.39 is 34.5 Å². The van der Waals surface area contributed by atoms with Crippen molar-refractivity contribution in [2.45, 2.75) is 38.8 Å². The van der Waals surface area contributed by atoms with Gasteiger partial charge in [-0.1, -0.05) is 81.4 Å². The van der Waals surface area contributed by atoms with Crippen LogP contribution in [0.15, 0.2) is 60.7 Å². The summed E-state index contributed by atoms with van der Waals surface area (Å²) in [6, 6.07) is 18.2. The van der Waals surface area contributed by atoms with Gasteiger partial charge in [-0.3, -0.25) is 14.9 Å². The van der Waals surface area contributed by atoms with E-state index in [2.05, 4.69) is 0 Å². The van der Waals surface area contributed by atoms with Crippen molar-refractivity contribution in [3.05, 3.63) is 81.9 Å². The second-order valence-corrected chi connectivity index (χ2v) is 8.11. The summed E-state index contributed by atoms with van der Waals surface area (Å²) in [6.45, 7) is 5.18. The molecule has 2 aromatic rings.